The number of piperazine rings is 1. The Morgan fingerprint density at radius 1 is 1.42 bits per heavy atom. The van der Waals surface area contributed by atoms with Crippen molar-refractivity contribution in [3.8, 4) is 5.88 Å². The third-order valence-corrected chi connectivity index (χ3v) is 3.33. The standard InChI is InChI=1S/C14H23N3O.ClH/c1-4-18-14-7-5-6-13(16-14)10-17-9-11(2)15-8-12(17)3;/h5-7,11-12,15H,4,8-10H2,1-3H3;1H. The van der Waals surface area contributed by atoms with Gasteiger partial charge in [0.15, 0.2) is 0 Å². The van der Waals surface area contributed by atoms with Crippen LogP contribution in [0.4, 0.5) is 0 Å². The van der Waals surface area contributed by atoms with E-state index in [0.717, 1.165) is 31.2 Å². The maximum atomic E-state index is 5.44. The Balaban J connectivity index is 0.00000180. The van der Waals surface area contributed by atoms with E-state index >= 15 is 0 Å². The molecule has 2 unspecified atom stereocenters. The highest BCUT2D eigenvalue weighted by Gasteiger charge is 2.22. The molecule has 4 nitrogen and oxygen atoms in total. The number of hydrogen-bond acceptors (Lipinski definition) is 4. The third kappa shape index (κ3) is 4.64. The van der Waals surface area contributed by atoms with E-state index in [9.17, 15) is 0 Å². The van der Waals surface area contributed by atoms with Crippen LogP contribution in [0.5, 0.6) is 5.88 Å². The summed E-state index contributed by atoms with van der Waals surface area (Å²) >= 11 is 0. The van der Waals surface area contributed by atoms with Gasteiger partial charge in [0.05, 0.1) is 12.3 Å². The predicted octanol–water partition coefficient (Wildman–Crippen LogP) is 2.08. The van der Waals surface area contributed by atoms with Gasteiger partial charge in [0, 0.05) is 37.8 Å². The summed E-state index contributed by atoms with van der Waals surface area (Å²) in [6.45, 7) is 10.1. The lowest BCUT2D eigenvalue weighted by Crippen LogP contribution is -2.53. The summed E-state index contributed by atoms with van der Waals surface area (Å²) in [4.78, 5) is 7.00. The first-order chi connectivity index (χ1) is 8.69. The van der Waals surface area contributed by atoms with Crippen LogP contribution in [0.3, 0.4) is 0 Å². The maximum Gasteiger partial charge on any atom is 0.213 e. The average molecular weight is 286 g/mol. The Hall–Kier alpha value is -0.840. The molecule has 2 heterocycles. The van der Waals surface area contributed by atoms with Crippen molar-refractivity contribution in [2.24, 2.45) is 0 Å². The van der Waals surface area contributed by atoms with Crippen LogP contribution in [-0.2, 0) is 6.54 Å². The van der Waals surface area contributed by atoms with Gasteiger partial charge in [-0.1, -0.05) is 6.07 Å². The predicted molar refractivity (Wildman–Crippen MR) is 80.0 cm³/mol. The summed E-state index contributed by atoms with van der Waals surface area (Å²) in [7, 11) is 0. The smallest absolute Gasteiger partial charge is 0.213 e. The molecule has 0 amide bonds. The molecule has 0 radical (unpaired) electrons. The van der Waals surface area contributed by atoms with Crippen molar-refractivity contribution >= 4 is 12.4 Å². The molecule has 108 valence electrons. The fourth-order valence-corrected chi connectivity index (χ4v) is 2.30. The van der Waals surface area contributed by atoms with Crippen molar-refractivity contribution in [1.82, 2.24) is 15.2 Å². The first kappa shape index (κ1) is 16.2. The quantitative estimate of drug-likeness (QED) is 0.919. The highest BCUT2D eigenvalue weighted by atomic mass is 35.5. The van der Waals surface area contributed by atoms with Crippen molar-refractivity contribution in [2.45, 2.75) is 39.4 Å². The average Bonchev–Trinajstić information content (AvgIpc) is 2.35. The van der Waals surface area contributed by atoms with E-state index in [4.69, 9.17) is 4.74 Å². The Kier molecular flexibility index (Phi) is 6.55. The molecular formula is C14H24ClN3O. The minimum Gasteiger partial charge on any atom is -0.478 e. The largest absolute Gasteiger partial charge is 0.478 e. The molecule has 0 spiro atoms. The van der Waals surface area contributed by atoms with Crippen LogP contribution < -0.4 is 10.1 Å². The van der Waals surface area contributed by atoms with Gasteiger partial charge >= 0.3 is 0 Å². The number of ether oxygens (including phenoxy) is 1. The molecule has 2 rings (SSSR count). The third-order valence-electron chi connectivity index (χ3n) is 3.33. The van der Waals surface area contributed by atoms with Gasteiger partial charge in [0.2, 0.25) is 5.88 Å². The normalized spacial score (nSPS) is 23.7. The van der Waals surface area contributed by atoms with E-state index in [1.807, 2.05) is 19.1 Å². The molecule has 1 aromatic rings. The highest BCUT2D eigenvalue weighted by Crippen LogP contribution is 2.13. The van der Waals surface area contributed by atoms with Crippen LogP contribution in [0.1, 0.15) is 26.5 Å². The van der Waals surface area contributed by atoms with Gasteiger partial charge in [0.1, 0.15) is 0 Å². The fourth-order valence-electron chi connectivity index (χ4n) is 2.30. The summed E-state index contributed by atoms with van der Waals surface area (Å²) in [5, 5.41) is 3.49. The van der Waals surface area contributed by atoms with Gasteiger partial charge in [-0.15, -0.1) is 12.4 Å². The van der Waals surface area contributed by atoms with Crippen LogP contribution in [0.2, 0.25) is 0 Å². The fraction of sp³-hybridized carbons (Fsp3) is 0.643. The maximum absolute atomic E-state index is 5.44. The van der Waals surface area contributed by atoms with E-state index in [1.54, 1.807) is 0 Å². The number of hydrogen-bond donors (Lipinski definition) is 1. The minimum absolute atomic E-state index is 0. The molecule has 19 heavy (non-hydrogen) atoms. The molecular weight excluding hydrogens is 262 g/mol. The molecule has 0 bridgehead atoms. The molecule has 1 saturated heterocycles. The SMILES string of the molecule is CCOc1cccc(CN2CC(C)NCC2C)n1.Cl. The Morgan fingerprint density at radius 3 is 2.95 bits per heavy atom. The van der Waals surface area contributed by atoms with Crippen molar-refractivity contribution in [2.75, 3.05) is 19.7 Å². The van der Waals surface area contributed by atoms with E-state index in [-0.39, 0.29) is 12.4 Å². The Labute approximate surface area is 122 Å². The molecule has 0 saturated carbocycles. The zero-order valence-electron chi connectivity index (χ0n) is 11.9. The summed E-state index contributed by atoms with van der Waals surface area (Å²) in [5.74, 6) is 0.728. The minimum atomic E-state index is 0. The second-order valence-electron chi connectivity index (χ2n) is 4.99. The molecule has 1 fully saturated rings. The molecule has 0 aromatic carbocycles. The first-order valence-corrected chi connectivity index (χ1v) is 6.75. The first-order valence-electron chi connectivity index (χ1n) is 6.75. The molecule has 2 atom stereocenters. The Bertz CT molecular complexity index is 389. The summed E-state index contributed by atoms with van der Waals surface area (Å²) in [6, 6.07) is 7.11. The van der Waals surface area contributed by atoms with E-state index < -0.39 is 0 Å². The lowest BCUT2D eigenvalue weighted by atomic mass is 10.1. The van der Waals surface area contributed by atoms with Gasteiger partial charge in [-0.05, 0) is 26.8 Å². The number of aromatic nitrogens is 1. The zero-order valence-corrected chi connectivity index (χ0v) is 12.7. The highest BCUT2D eigenvalue weighted by molar-refractivity contribution is 5.85. The molecule has 0 aliphatic carbocycles. The van der Waals surface area contributed by atoms with E-state index in [2.05, 4.69) is 35.1 Å². The van der Waals surface area contributed by atoms with Crippen molar-refractivity contribution < 1.29 is 4.74 Å². The van der Waals surface area contributed by atoms with Crippen LogP contribution in [0, 0.1) is 0 Å². The lowest BCUT2D eigenvalue weighted by molar-refractivity contribution is 0.137. The number of rotatable bonds is 4. The molecule has 1 aliphatic rings. The van der Waals surface area contributed by atoms with E-state index in [0.29, 0.717) is 18.7 Å². The lowest BCUT2D eigenvalue weighted by Gasteiger charge is -2.37. The van der Waals surface area contributed by atoms with Gasteiger partial charge in [-0.25, -0.2) is 4.98 Å². The molecule has 5 heteroatoms. The van der Waals surface area contributed by atoms with Crippen molar-refractivity contribution in [3.63, 3.8) is 0 Å². The van der Waals surface area contributed by atoms with Crippen molar-refractivity contribution in [1.29, 1.82) is 0 Å². The second kappa shape index (κ2) is 7.68. The summed E-state index contributed by atoms with van der Waals surface area (Å²) in [5.41, 5.74) is 1.09. The van der Waals surface area contributed by atoms with Crippen molar-refractivity contribution in [3.05, 3.63) is 23.9 Å². The monoisotopic (exact) mass is 285 g/mol. The van der Waals surface area contributed by atoms with Crippen LogP contribution in [0.15, 0.2) is 18.2 Å². The summed E-state index contributed by atoms with van der Waals surface area (Å²) in [6.07, 6.45) is 0. The van der Waals surface area contributed by atoms with Crippen LogP contribution >= 0.6 is 12.4 Å². The van der Waals surface area contributed by atoms with Crippen LogP contribution in [0.25, 0.3) is 0 Å². The van der Waals surface area contributed by atoms with Gasteiger partial charge < -0.3 is 10.1 Å². The number of nitrogens with zero attached hydrogens (tertiary/aromatic N) is 2. The number of pyridine rings is 1. The molecule has 1 N–H and O–H groups in total. The molecule has 1 aliphatic heterocycles. The van der Waals surface area contributed by atoms with Gasteiger partial charge in [-0.2, -0.15) is 0 Å². The van der Waals surface area contributed by atoms with Crippen LogP contribution in [-0.4, -0.2) is 41.7 Å². The summed E-state index contributed by atoms with van der Waals surface area (Å²) < 4.78 is 5.44. The topological polar surface area (TPSA) is 37.4 Å². The van der Waals surface area contributed by atoms with Gasteiger partial charge in [-0.3, -0.25) is 4.90 Å². The van der Waals surface area contributed by atoms with E-state index in [1.165, 1.54) is 0 Å². The number of nitrogens with one attached hydrogen (secondary N) is 1. The molecule has 1 aromatic heterocycles. The Morgan fingerprint density at radius 2 is 2.21 bits per heavy atom. The number of halogens is 1. The zero-order chi connectivity index (χ0) is 13.0. The van der Waals surface area contributed by atoms with Gasteiger partial charge in [0.25, 0.3) is 0 Å². The second-order valence-corrected chi connectivity index (χ2v) is 4.99.